The van der Waals surface area contributed by atoms with Crippen molar-refractivity contribution in [1.29, 1.82) is 0 Å². The third-order valence-corrected chi connectivity index (χ3v) is 2.64. The lowest BCUT2D eigenvalue weighted by atomic mass is 10.3. The van der Waals surface area contributed by atoms with Gasteiger partial charge in [-0.1, -0.05) is 0 Å². The number of rotatable bonds is 5. The van der Waals surface area contributed by atoms with E-state index in [1.807, 2.05) is 20.8 Å². The largest absolute Gasteiger partial charge is 0.369 e. The number of hydrogen-bond donors (Lipinski definition) is 2. The molecule has 2 rings (SSSR count). The summed E-state index contributed by atoms with van der Waals surface area (Å²) in [5.41, 5.74) is 0.908. The van der Waals surface area contributed by atoms with Crippen molar-refractivity contribution < 1.29 is 4.79 Å². The first-order valence-corrected chi connectivity index (χ1v) is 6.53. The van der Waals surface area contributed by atoms with E-state index in [4.69, 9.17) is 0 Å². The van der Waals surface area contributed by atoms with Gasteiger partial charge in [0.25, 0.3) is 5.91 Å². The number of nitrogens with one attached hydrogen (secondary N) is 2. The molecule has 20 heavy (non-hydrogen) atoms. The highest BCUT2D eigenvalue weighted by Crippen LogP contribution is 2.11. The number of anilines is 2. The fraction of sp³-hybridized carbons (Fsp3) is 0.385. The highest BCUT2D eigenvalue weighted by molar-refractivity contribution is 6.02. The van der Waals surface area contributed by atoms with Gasteiger partial charge >= 0.3 is 0 Å². The number of hydrogen-bond acceptors (Lipinski definition) is 5. The molecule has 106 valence electrons. The van der Waals surface area contributed by atoms with Crippen molar-refractivity contribution >= 4 is 17.4 Å². The minimum atomic E-state index is -0.302. The molecule has 1 amide bonds. The fourth-order valence-electron chi connectivity index (χ4n) is 1.61. The Kier molecular flexibility index (Phi) is 4.29. The van der Waals surface area contributed by atoms with Crippen LogP contribution in [0.15, 0.2) is 24.5 Å². The summed E-state index contributed by atoms with van der Waals surface area (Å²) in [4.78, 5) is 12.0. The smallest absolute Gasteiger partial charge is 0.276 e. The van der Waals surface area contributed by atoms with E-state index >= 15 is 0 Å². The summed E-state index contributed by atoms with van der Waals surface area (Å²) in [6.45, 7) is 6.76. The Morgan fingerprint density at radius 3 is 2.70 bits per heavy atom. The normalized spacial score (nSPS) is 10.6. The third-order valence-electron chi connectivity index (χ3n) is 2.64. The van der Waals surface area contributed by atoms with Gasteiger partial charge in [-0.25, -0.2) is 0 Å². The van der Waals surface area contributed by atoms with Crippen molar-refractivity contribution in [2.75, 3.05) is 17.2 Å². The van der Waals surface area contributed by atoms with Gasteiger partial charge in [0.15, 0.2) is 5.69 Å². The second kappa shape index (κ2) is 6.14. The Morgan fingerprint density at radius 2 is 2.15 bits per heavy atom. The van der Waals surface area contributed by atoms with Gasteiger partial charge in [-0.15, -0.1) is 10.2 Å². The van der Waals surface area contributed by atoms with Crippen molar-refractivity contribution in [3.63, 3.8) is 0 Å². The van der Waals surface area contributed by atoms with Crippen molar-refractivity contribution in [3.8, 4) is 0 Å². The van der Waals surface area contributed by atoms with E-state index in [9.17, 15) is 4.79 Å². The third kappa shape index (κ3) is 3.31. The van der Waals surface area contributed by atoms with E-state index in [0.29, 0.717) is 11.5 Å². The highest BCUT2D eigenvalue weighted by Gasteiger charge is 2.10. The second-order valence-corrected chi connectivity index (χ2v) is 4.59. The molecule has 0 unspecified atom stereocenters. The molecule has 7 heteroatoms. The number of carbonyl (C=O) groups excluding carboxylic acids is 1. The lowest BCUT2D eigenvalue weighted by Gasteiger charge is -2.04. The van der Waals surface area contributed by atoms with Gasteiger partial charge in [-0.3, -0.25) is 9.48 Å². The highest BCUT2D eigenvalue weighted by atomic mass is 16.1. The van der Waals surface area contributed by atoms with E-state index in [-0.39, 0.29) is 17.6 Å². The quantitative estimate of drug-likeness (QED) is 0.870. The maximum Gasteiger partial charge on any atom is 0.276 e. The summed E-state index contributed by atoms with van der Waals surface area (Å²) in [5, 5.41) is 17.7. The molecule has 0 radical (unpaired) electrons. The molecule has 0 fully saturated rings. The zero-order chi connectivity index (χ0) is 14.5. The molecule has 0 spiro atoms. The Morgan fingerprint density at radius 1 is 1.35 bits per heavy atom. The van der Waals surface area contributed by atoms with Gasteiger partial charge in [0.2, 0.25) is 0 Å². The van der Waals surface area contributed by atoms with Crippen LogP contribution in [0.25, 0.3) is 0 Å². The lowest BCUT2D eigenvalue weighted by molar-refractivity contribution is 0.102. The molecule has 2 aromatic heterocycles. The van der Waals surface area contributed by atoms with Crippen molar-refractivity contribution in [2.45, 2.75) is 26.8 Å². The predicted molar refractivity (Wildman–Crippen MR) is 76.8 cm³/mol. The lowest BCUT2D eigenvalue weighted by Crippen LogP contribution is -2.14. The van der Waals surface area contributed by atoms with Crippen LogP contribution in [0.4, 0.5) is 11.5 Å². The standard InChI is InChI=1S/C13H18N6O/c1-4-14-12-6-5-11(17-18-12)13(20)16-10-7-15-19(8-10)9(2)3/h5-9H,4H2,1-3H3,(H,14,18)(H,16,20). The molecule has 2 heterocycles. The van der Waals surface area contributed by atoms with E-state index in [1.54, 1.807) is 29.2 Å². The predicted octanol–water partition coefficient (Wildman–Crippen LogP) is 1.94. The van der Waals surface area contributed by atoms with Gasteiger partial charge in [0.05, 0.1) is 11.9 Å². The maximum absolute atomic E-state index is 12.0. The zero-order valence-electron chi connectivity index (χ0n) is 11.8. The number of amides is 1. The summed E-state index contributed by atoms with van der Waals surface area (Å²) >= 11 is 0. The van der Waals surface area contributed by atoms with Crippen LogP contribution >= 0.6 is 0 Å². The van der Waals surface area contributed by atoms with E-state index < -0.39 is 0 Å². The van der Waals surface area contributed by atoms with E-state index in [1.165, 1.54) is 0 Å². The number of nitrogens with zero attached hydrogens (tertiary/aromatic N) is 4. The SMILES string of the molecule is CCNc1ccc(C(=O)Nc2cnn(C(C)C)c2)nn1. The fourth-order valence-corrected chi connectivity index (χ4v) is 1.61. The van der Waals surface area contributed by atoms with Crippen molar-refractivity contribution in [1.82, 2.24) is 20.0 Å². The Bertz CT molecular complexity index is 575. The monoisotopic (exact) mass is 274 g/mol. The molecule has 0 aliphatic carbocycles. The molecule has 0 aromatic carbocycles. The summed E-state index contributed by atoms with van der Waals surface area (Å²) in [7, 11) is 0. The van der Waals surface area contributed by atoms with Gasteiger partial charge in [0.1, 0.15) is 5.82 Å². The summed E-state index contributed by atoms with van der Waals surface area (Å²) in [6, 6.07) is 3.61. The minimum absolute atomic E-state index is 0.250. The van der Waals surface area contributed by atoms with Gasteiger partial charge in [-0.2, -0.15) is 5.10 Å². The first kappa shape index (κ1) is 14.0. The summed E-state index contributed by atoms with van der Waals surface area (Å²) in [5.74, 6) is 0.348. The molecule has 0 aliphatic rings. The van der Waals surface area contributed by atoms with Crippen LogP contribution in [-0.2, 0) is 0 Å². The zero-order valence-corrected chi connectivity index (χ0v) is 11.8. The number of aromatic nitrogens is 4. The van der Waals surface area contributed by atoms with E-state index in [0.717, 1.165) is 6.54 Å². The first-order chi connectivity index (χ1) is 9.60. The molecule has 2 aromatic rings. The first-order valence-electron chi connectivity index (χ1n) is 6.53. The van der Waals surface area contributed by atoms with Gasteiger partial charge in [-0.05, 0) is 32.9 Å². The van der Waals surface area contributed by atoms with Crippen LogP contribution in [0.3, 0.4) is 0 Å². The molecule has 0 saturated heterocycles. The molecule has 0 atom stereocenters. The number of carbonyl (C=O) groups is 1. The molecule has 0 saturated carbocycles. The minimum Gasteiger partial charge on any atom is -0.369 e. The second-order valence-electron chi connectivity index (χ2n) is 4.59. The van der Waals surface area contributed by atoms with Crippen LogP contribution < -0.4 is 10.6 Å². The average Bonchev–Trinajstić information content (AvgIpc) is 2.88. The van der Waals surface area contributed by atoms with Crippen molar-refractivity contribution in [3.05, 3.63) is 30.2 Å². The summed E-state index contributed by atoms with van der Waals surface area (Å²) < 4.78 is 1.77. The maximum atomic E-state index is 12.0. The Labute approximate surface area is 117 Å². The van der Waals surface area contributed by atoms with Crippen molar-refractivity contribution in [2.24, 2.45) is 0 Å². The molecule has 0 aliphatic heterocycles. The molecule has 7 nitrogen and oxygen atoms in total. The van der Waals surface area contributed by atoms with Gasteiger partial charge in [0, 0.05) is 18.8 Å². The van der Waals surface area contributed by atoms with Crippen LogP contribution in [-0.4, -0.2) is 32.4 Å². The van der Waals surface area contributed by atoms with E-state index in [2.05, 4.69) is 25.9 Å². The van der Waals surface area contributed by atoms with Crippen LogP contribution in [0.5, 0.6) is 0 Å². The van der Waals surface area contributed by atoms with Crippen LogP contribution in [0.2, 0.25) is 0 Å². The van der Waals surface area contributed by atoms with Gasteiger partial charge < -0.3 is 10.6 Å². The molecule has 0 bridgehead atoms. The molecular formula is C13H18N6O. The topological polar surface area (TPSA) is 84.7 Å². The Hall–Kier alpha value is -2.44. The average molecular weight is 274 g/mol. The van der Waals surface area contributed by atoms with Crippen LogP contribution in [0, 0.1) is 0 Å². The molecule has 2 N–H and O–H groups in total. The Balaban J connectivity index is 2.03. The van der Waals surface area contributed by atoms with Crippen LogP contribution in [0.1, 0.15) is 37.3 Å². The molecular weight excluding hydrogens is 256 g/mol. The summed E-state index contributed by atoms with van der Waals surface area (Å²) in [6.07, 6.45) is 3.39.